The van der Waals surface area contributed by atoms with E-state index in [2.05, 4.69) is 19.5 Å². The van der Waals surface area contributed by atoms with Crippen molar-refractivity contribution >= 4 is 23.8 Å². The van der Waals surface area contributed by atoms with Gasteiger partial charge in [-0.15, -0.1) is 0 Å². The van der Waals surface area contributed by atoms with Crippen molar-refractivity contribution in [3.8, 4) is 0 Å². The minimum atomic E-state index is -5.12. The topological polar surface area (TPSA) is 108 Å². The molecule has 0 unspecified atom stereocenters. The molecule has 0 fully saturated rings. The van der Waals surface area contributed by atoms with Crippen molar-refractivity contribution in [2.24, 2.45) is 11.8 Å². The summed E-state index contributed by atoms with van der Waals surface area (Å²) in [5.74, 6) is -7.58. The fraction of sp³-hybridized carbons (Fsp3) is 0.500. The Hall–Kier alpha value is -3.32. The number of nitrogens with one attached hydrogen (secondary N) is 1. The van der Waals surface area contributed by atoms with Crippen molar-refractivity contribution < 1.29 is 59.7 Å². The molecule has 0 aliphatic rings. The summed E-state index contributed by atoms with van der Waals surface area (Å²) in [7, 11) is 2.81. The molecular weight excluding hydrogens is 480 g/mol. The normalized spacial score (nSPS) is 13.6. The first-order valence-corrected chi connectivity index (χ1v) is 9.38. The molecule has 0 saturated heterocycles. The molecule has 34 heavy (non-hydrogen) atoms. The Labute approximate surface area is 189 Å². The Balaban J connectivity index is 3.29. The molecule has 0 aromatic heterocycles. The van der Waals surface area contributed by atoms with Crippen LogP contribution in [-0.2, 0) is 52.2 Å². The van der Waals surface area contributed by atoms with Crippen LogP contribution in [0.2, 0.25) is 0 Å². The predicted octanol–water partition coefficient (Wildman–Crippen LogP) is 2.52. The summed E-state index contributed by atoms with van der Waals surface area (Å²) in [4.78, 5) is 48.7. The molecule has 1 aromatic carbocycles. The number of hydrogen-bond acceptors (Lipinski definition) is 7. The largest absolute Gasteiger partial charge is 0.468 e. The molecule has 0 saturated carbocycles. The van der Waals surface area contributed by atoms with Gasteiger partial charge in [-0.3, -0.25) is 14.4 Å². The van der Waals surface area contributed by atoms with Crippen molar-refractivity contribution in [1.82, 2.24) is 5.32 Å². The average Bonchev–Trinajstić information content (AvgIpc) is 2.75. The van der Waals surface area contributed by atoms with Crippen LogP contribution < -0.4 is 5.32 Å². The number of alkyl halides is 6. The first-order valence-electron chi connectivity index (χ1n) is 9.38. The van der Waals surface area contributed by atoms with E-state index < -0.39 is 77.2 Å². The number of halogens is 6. The van der Waals surface area contributed by atoms with Gasteiger partial charge in [0, 0.05) is 5.92 Å². The summed E-state index contributed by atoms with van der Waals surface area (Å²) in [6.07, 6.45) is -11.2. The summed E-state index contributed by atoms with van der Waals surface area (Å²) >= 11 is 0. The zero-order valence-corrected chi connectivity index (χ0v) is 18.3. The second kappa shape index (κ2) is 11.2. The Morgan fingerprint density at radius 2 is 1.21 bits per heavy atom. The molecule has 0 aliphatic heterocycles. The molecule has 0 spiro atoms. The number of amides is 1. The summed E-state index contributed by atoms with van der Waals surface area (Å²) in [5, 5.41) is 2.08. The summed E-state index contributed by atoms with van der Waals surface area (Å²) in [5.41, 5.74) is -3.90. The van der Waals surface area contributed by atoms with Crippen LogP contribution in [0.15, 0.2) is 18.2 Å². The second-order valence-electron chi connectivity index (χ2n) is 7.04. The van der Waals surface area contributed by atoms with Crippen LogP contribution in [0.25, 0.3) is 0 Å². The summed E-state index contributed by atoms with van der Waals surface area (Å²) in [6, 6.07) is -1.08. The van der Waals surface area contributed by atoms with Gasteiger partial charge >= 0.3 is 30.3 Å². The third kappa shape index (κ3) is 7.35. The predicted molar refractivity (Wildman–Crippen MR) is 101 cm³/mol. The lowest BCUT2D eigenvalue weighted by atomic mass is 9.87. The first-order chi connectivity index (χ1) is 15.6. The first kappa shape index (κ1) is 28.7. The molecule has 0 heterocycles. The molecule has 1 aromatic rings. The van der Waals surface area contributed by atoms with Crippen LogP contribution in [0.4, 0.5) is 26.3 Å². The SMILES string of the molecule is COC(=O)C(C(=O)OC)[C@H](C)[C@@H](NC(=O)Cc1cc(C(F)(F)F)cc(C(F)(F)F)c1)C(=O)OC. The highest BCUT2D eigenvalue weighted by molar-refractivity contribution is 5.96. The van der Waals surface area contributed by atoms with E-state index in [0.29, 0.717) is 12.1 Å². The van der Waals surface area contributed by atoms with Gasteiger partial charge in [0.2, 0.25) is 5.91 Å². The number of carbonyl (C=O) groups is 4. The van der Waals surface area contributed by atoms with Crippen LogP contribution in [-0.4, -0.2) is 51.2 Å². The Bertz CT molecular complexity index is 881. The van der Waals surface area contributed by atoms with Gasteiger partial charge < -0.3 is 19.5 Å². The molecule has 0 aliphatic carbocycles. The van der Waals surface area contributed by atoms with Crippen LogP contribution in [0.1, 0.15) is 23.6 Å². The number of hydrogen-bond donors (Lipinski definition) is 1. The lowest BCUT2D eigenvalue weighted by Crippen LogP contribution is -2.51. The molecular formula is C20H21F6NO7. The molecule has 1 rings (SSSR count). The number of rotatable bonds is 8. The van der Waals surface area contributed by atoms with Crippen molar-refractivity contribution in [3.63, 3.8) is 0 Å². The molecule has 190 valence electrons. The van der Waals surface area contributed by atoms with Crippen LogP contribution in [0, 0.1) is 11.8 Å². The smallest absolute Gasteiger partial charge is 0.416 e. The van der Waals surface area contributed by atoms with E-state index in [1.807, 2.05) is 0 Å². The molecule has 8 nitrogen and oxygen atoms in total. The van der Waals surface area contributed by atoms with E-state index in [9.17, 15) is 45.5 Å². The van der Waals surface area contributed by atoms with E-state index >= 15 is 0 Å². The second-order valence-corrected chi connectivity index (χ2v) is 7.04. The molecule has 1 N–H and O–H groups in total. The van der Waals surface area contributed by atoms with Crippen molar-refractivity contribution in [1.29, 1.82) is 0 Å². The molecule has 0 bridgehead atoms. The molecule has 14 heteroatoms. The van der Waals surface area contributed by atoms with Gasteiger partial charge in [-0.1, -0.05) is 6.92 Å². The Morgan fingerprint density at radius 1 is 0.794 bits per heavy atom. The van der Waals surface area contributed by atoms with Gasteiger partial charge in [0.1, 0.15) is 6.04 Å². The van der Waals surface area contributed by atoms with E-state index in [4.69, 9.17) is 0 Å². The maximum absolute atomic E-state index is 13.0. The van der Waals surface area contributed by atoms with Gasteiger partial charge in [-0.2, -0.15) is 26.3 Å². The van der Waals surface area contributed by atoms with Crippen LogP contribution in [0.5, 0.6) is 0 Å². The van der Waals surface area contributed by atoms with E-state index in [1.54, 1.807) is 0 Å². The van der Waals surface area contributed by atoms with Crippen molar-refractivity contribution in [2.75, 3.05) is 21.3 Å². The van der Waals surface area contributed by atoms with Gasteiger partial charge in [0.25, 0.3) is 0 Å². The third-order valence-corrected chi connectivity index (χ3v) is 4.75. The molecule has 2 atom stereocenters. The van der Waals surface area contributed by atoms with E-state index in [0.717, 1.165) is 21.3 Å². The maximum atomic E-state index is 13.0. The lowest BCUT2D eigenvalue weighted by Gasteiger charge is -2.27. The summed E-state index contributed by atoms with van der Waals surface area (Å²) in [6.45, 7) is 1.19. The van der Waals surface area contributed by atoms with Gasteiger partial charge in [-0.05, 0) is 23.8 Å². The van der Waals surface area contributed by atoms with E-state index in [-0.39, 0.29) is 6.07 Å². The number of esters is 3. The highest BCUT2D eigenvalue weighted by Gasteiger charge is 2.42. The zero-order chi connectivity index (χ0) is 26.4. The fourth-order valence-electron chi connectivity index (χ4n) is 3.04. The highest BCUT2D eigenvalue weighted by Crippen LogP contribution is 2.36. The Morgan fingerprint density at radius 3 is 1.56 bits per heavy atom. The number of methoxy groups -OCH3 is 3. The maximum Gasteiger partial charge on any atom is 0.416 e. The molecule has 1 amide bonds. The lowest BCUT2D eigenvalue weighted by molar-refractivity contribution is -0.163. The van der Waals surface area contributed by atoms with E-state index in [1.165, 1.54) is 6.92 Å². The standard InChI is InChI=1S/C20H21F6NO7/c1-9(14(16(29)32-2)17(30)33-3)15(18(31)34-4)27-13(28)7-10-5-11(19(21,22)23)8-12(6-10)20(24,25)26/h5-6,8-9,14-15H,7H2,1-4H3,(H,27,28)/t9-,15+/m0/s1. The highest BCUT2D eigenvalue weighted by atomic mass is 19.4. The average molecular weight is 501 g/mol. The quantitative estimate of drug-likeness (QED) is 0.253. The fourth-order valence-corrected chi connectivity index (χ4v) is 3.04. The van der Waals surface area contributed by atoms with Crippen molar-refractivity contribution in [2.45, 2.75) is 31.7 Å². The van der Waals surface area contributed by atoms with Gasteiger partial charge in [0.05, 0.1) is 38.9 Å². The minimum absolute atomic E-state index is 0.0992. The monoisotopic (exact) mass is 501 g/mol. The molecule has 0 radical (unpaired) electrons. The summed E-state index contributed by atoms with van der Waals surface area (Å²) < 4.78 is 91.7. The third-order valence-electron chi connectivity index (χ3n) is 4.75. The number of benzene rings is 1. The van der Waals surface area contributed by atoms with Crippen LogP contribution in [0.3, 0.4) is 0 Å². The Kier molecular flexibility index (Phi) is 9.46. The van der Waals surface area contributed by atoms with Crippen LogP contribution >= 0.6 is 0 Å². The van der Waals surface area contributed by atoms with Crippen molar-refractivity contribution in [3.05, 3.63) is 34.9 Å². The van der Waals surface area contributed by atoms with Gasteiger partial charge in [-0.25, -0.2) is 4.79 Å². The number of ether oxygens (including phenoxy) is 3. The van der Waals surface area contributed by atoms with Gasteiger partial charge in [0.15, 0.2) is 5.92 Å². The minimum Gasteiger partial charge on any atom is -0.468 e. The number of carbonyl (C=O) groups excluding carboxylic acids is 4. The zero-order valence-electron chi connectivity index (χ0n) is 18.3.